The van der Waals surface area contributed by atoms with E-state index in [0.717, 1.165) is 33.4 Å². The van der Waals surface area contributed by atoms with E-state index in [1.165, 1.54) is 5.56 Å². The van der Waals surface area contributed by atoms with Gasteiger partial charge in [0, 0.05) is 16.6 Å². The lowest BCUT2D eigenvalue weighted by molar-refractivity contribution is 1.04. The quantitative estimate of drug-likeness (QED) is 0.712. The number of nitrogens with one attached hydrogen (secondary N) is 1. The lowest BCUT2D eigenvalue weighted by atomic mass is 10.1. The van der Waals surface area contributed by atoms with Gasteiger partial charge in [-0.1, -0.05) is 28.1 Å². The Balaban J connectivity index is 1.95. The van der Waals surface area contributed by atoms with Crippen LogP contribution in [-0.2, 0) is 6.42 Å². The van der Waals surface area contributed by atoms with E-state index < -0.39 is 0 Å². The number of nitrogens with zero attached hydrogens (tertiary/aromatic N) is 1. The van der Waals surface area contributed by atoms with Crippen molar-refractivity contribution in [3.05, 3.63) is 58.3 Å². The summed E-state index contributed by atoms with van der Waals surface area (Å²) in [5, 5.41) is 0. The van der Waals surface area contributed by atoms with E-state index >= 15 is 0 Å². The third-order valence-corrected chi connectivity index (χ3v) is 3.31. The van der Waals surface area contributed by atoms with E-state index in [9.17, 15) is 0 Å². The fourth-order valence-electron chi connectivity index (χ4n) is 2.00. The maximum absolute atomic E-state index is 5.75. The van der Waals surface area contributed by atoms with Crippen molar-refractivity contribution in [1.29, 1.82) is 0 Å². The normalized spacial score (nSPS) is 10.9. The topological polar surface area (TPSA) is 54.7 Å². The predicted octanol–water partition coefficient (Wildman–Crippen LogP) is 3.50. The number of benzene rings is 2. The van der Waals surface area contributed by atoms with Crippen molar-refractivity contribution in [1.82, 2.24) is 9.97 Å². The molecule has 0 aliphatic rings. The number of aromatic amines is 1. The van der Waals surface area contributed by atoms with Crippen LogP contribution in [0, 0.1) is 0 Å². The van der Waals surface area contributed by atoms with E-state index in [0.29, 0.717) is 0 Å². The first-order valence-electron chi connectivity index (χ1n) is 5.69. The Morgan fingerprint density at radius 1 is 1.17 bits per heavy atom. The molecule has 3 rings (SSSR count). The van der Waals surface area contributed by atoms with Crippen LogP contribution >= 0.6 is 15.9 Å². The third kappa shape index (κ3) is 2.24. The summed E-state index contributed by atoms with van der Waals surface area (Å²) in [5.41, 5.74) is 9.66. The zero-order valence-corrected chi connectivity index (χ0v) is 11.2. The molecule has 3 N–H and O–H groups in total. The first kappa shape index (κ1) is 11.3. The number of imidazole rings is 1. The fourth-order valence-corrected chi connectivity index (χ4v) is 2.45. The van der Waals surface area contributed by atoms with Gasteiger partial charge in [0.15, 0.2) is 0 Å². The minimum Gasteiger partial charge on any atom is -0.399 e. The van der Waals surface area contributed by atoms with Crippen LogP contribution in [0.4, 0.5) is 5.69 Å². The number of nitrogen functional groups attached to an aromatic ring is 1. The third-order valence-electron chi connectivity index (χ3n) is 2.82. The second-order valence-corrected chi connectivity index (χ2v) is 5.18. The minimum atomic E-state index is 0.750. The molecule has 0 saturated heterocycles. The van der Waals surface area contributed by atoms with Crippen molar-refractivity contribution in [2.75, 3.05) is 5.73 Å². The minimum absolute atomic E-state index is 0.750. The van der Waals surface area contributed by atoms with Crippen molar-refractivity contribution in [2.45, 2.75) is 6.42 Å². The molecule has 18 heavy (non-hydrogen) atoms. The highest BCUT2D eigenvalue weighted by Crippen LogP contribution is 2.18. The van der Waals surface area contributed by atoms with Gasteiger partial charge in [-0.05, 0) is 35.9 Å². The van der Waals surface area contributed by atoms with Crippen LogP contribution < -0.4 is 5.73 Å². The molecular formula is C14H12BrN3. The number of nitrogens with two attached hydrogens (primary N) is 1. The largest absolute Gasteiger partial charge is 0.399 e. The number of hydrogen-bond donors (Lipinski definition) is 2. The summed E-state index contributed by atoms with van der Waals surface area (Å²) < 4.78 is 1.08. The van der Waals surface area contributed by atoms with Gasteiger partial charge in [-0.25, -0.2) is 4.98 Å². The molecule has 3 aromatic rings. The van der Waals surface area contributed by atoms with Crippen molar-refractivity contribution < 1.29 is 0 Å². The van der Waals surface area contributed by atoms with Crippen molar-refractivity contribution >= 4 is 32.7 Å². The number of anilines is 1. The van der Waals surface area contributed by atoms with E-state index in [1.54, 1.807) is 0 Å². The smallest absolute Gasteiger partial charge is 0.111 e. The van der Waals surface area contributed by atoms with Crippen LogP contribution in [0.25, 0.3) is 11.0 Å². The second-order valence-electron chi connectivity index (χ2n) is 4.27. The molecule has 0 radical (unpaired) electrons. The van der Waals surface area contributed by atoms with Crippen LogP contribution in [0.3, 0.4) is 0 Å². The highest BCUT2D eigenvalue weighted by molar-refractivity contribution is 9.10. The Labute approximate surface area is 113 Å². The van der Waals surface area contributed by atoms with Crippen molar-refractivity contribution in [2.24, 2.45) is 0 Å². The summed E-state index contributed by atoms with van der Waals surface area (Å²) >= 11 is 3.47. The average molecular weight is 302 g/mol. The summed E-state index contributed by atoms with van der Waals surface area (Å²) in [6.07, 6.45) is 0.786. The number of rotatable bonds is 2. The second kappa shape index (κ2) is 4.46. The predicted molar refractivity (Wildman–Crippen MR) is 77.5 cm³/mol. The van der Waals surface area contributed by atoms with Crippen LogP contribution in [-0.4, -0.2) is 9.97 Å². The van der Waals surface area contributed by atoms with Gasteiger partial charge in [0.1, 0.15) is 5.82 Å². The summed E-state index contributed by atoms with van der Waals surface area (Å²) in [4.78, 5) is 7.85. The first-order chi connectivity index (χ1) is 8.70. The molecule has 1 aromatic heterocycles. The lowest BCUT2D eigenvalue weighted by Gasteiger charge is -1.98. The summed E-state index contributed by atoms with van der Waals surface area (Å²) in [5.74, 6) is 0.953. The van der Waals surface area contributed by atoms with Crippen LogP contribution in [0.2, 0.25) is 0 Å². The van der Waals surface area contributed by atoms with E-state index in [4.69, 9.17) is 5.73 Å². The maximum Gasteiger partial charge on any atom is 0.111 e. The lowest BCUT2D eigenvalue weighted by Crippen LogP contribution is -1.90. The number of fused-ring (bicyclic) bond motifs is 1. The van der Waals surface area contributed by atoms with Crippen molar-refractivity contribution in [3.8, 4) is 0 Å². The molecule has 0 aliphatic heterocycles. The maximum atomic E-state index is 5.75. The molecule has 0 bridgehead atoms. The molecule has 0 saturated carbocycles. The summed E-state index contributed by atoms with van der Waals surface area (Å²) in [6.45, 7) is 0. The molecule has 0 amide bonds. The molecular weight excluding hydrogens is 290 g/mol. The Morgan fingerprint density at radius 3 is 2.89 bits per heavy atom. The molecule has 0 atom stereocenters. The molecule has 2 aromatic carbocycles. The standard InChI is InChI=1S/C14H12BrN3/c15-10-3-1-2-9(6-10)7-14-17-12-5-4-11(16)8-13(12)18-14/h1-6,8H,7,16H2,(H,17,18). The Hall–Kier alpha value is -1.81. The SMILES string of the molecule is Nc1ccc2nc(Cc3cccc(Br)c3)[nH]c2c1. The van der Waals surface area contributed by atoms with Crippen molar-refractivity contribution in [3.63, 3.8) is 0 Å². The van der Waals surface area contributed by atoms with Gasteiger partial charge in [0.05, 0.1) is 11.0 Å². The Bertz CT molecular complexity index is 703. The Morgan fingerprint density at radius 2 is 2.06 bits per heavy atom. The van der Waals surface area contributed by atoms with Gasteiger partial charge >= 0.3 is 0 Å². The van der Waals surface area contributed by atoms with Gasteiger partial charge in [-0.3, -0.25) is 0 Å². The molecule has 1 heterocycles. The first-order valence-corrected chi connectivity index (χ1v) is 6.48. The summed E-state index contributed by atoms with van der Waals surface area (Å²) in [7, 11) is 0. The average Bonchev–Trinajstić information content (AvgIpc) is 2.70. The number of aromatic nitrogens is 2. The molecule has 90 valence electrons. The van der Waals surface area contributed by atoms with Gasteiger partial charge in [-0.2, -0.15) is 0 Å². The molecule has 0 fully saturated rings. The van der Waals surface area contributed by atoms with E-state index in [2.05, 4.69) is 38.0 Å². The fraction of sp³-hybridized carbons (Fsp3) is 0.0714. The van der Waals surface area contributed by atoms with E-state index in [1.807, 2.05) is 30.3 Å². The zero-order valence-electron chi connectivity index (χ0n) is 9.65. The van der Waals surface area contributed by atoms with Gasteiger partial charge in [-0.15, -0.1) is 0 Å². The van der Waals surface area contributed by atoms with Crippen LogP contribution in [0.15, 0.2) is 46.9 Å². The summed E-state index contributed by atoms with van der Waals surface area (Å²) in [6, 6.07) is 13.9. The van der Waals surface area contributed by atoms with Gasteiger partial charge < -0.3 is 10.7 Å². The molecule has 3 nitrogen and oxygen atoms in total. The number of H-pyrrole nitrogens is 1. The zero-order chi connectivity index (χ0) is 12.5. The van der Waals surface area contributed by atoms with Gasteiger partial charge in [0.2, 0.25) is 0 Å². The molecule has 0 unspecified atom stereocenters. The van der Waals surface area contributed by atoms with Crippen LogP contribution in [0.1, 0.15) is 11.4 Å². The molecule has 0 spiro atoms. The molecule has 4 heteroatoms. The molecule has 0 aliphatic carbocycles. The highest BCUT2D eigenvalue weighted by Gasteiger charge is 2.04. The van der Waals surface area contributed by atoms with Gasteiger partial charge in [0.25, 0.3) is 0 Å². The number of hydrogen-bond acceptors (Lipinski definition) is 2. The Kier molecular flexibility index (Phi) is 2.80. The van der Waals surface area contributed by atoms with E-state index in [-0.39, 0.29) is 0 Å². The number of halogens is 1. The van der Waals surface area contributed by atoms with Crippen LogP contribution in [0.5, 0.6) is 0 Å². The highest BCUT2D eigenvalue weighted by atomic mass is 79.9. The monoisotopic (exact) mass is 301 g/mol.